The van der Waals surface area contributed by atoms with Crippen LogP contribution in [0.15, 0.2) is 48.5 Å². The van der Waals surface area contributed by atoms with Gasteiger partial charge in [-0.2, -0.15) is 0 Å². The molecule has 1 heterocycles. The minimum atomic E-state index is -3.33. The van der Waals surface area contributed by atoms with Gasteiger partial charge in [0.15, 0.2) is 0 Å². The Bertz CT molecular complexity index is 1000. The highest BCUT2D eigenvalue weighted by atomic mass is 35.5. The monoisotopic (exact) mass is 529 g/mol. The Morgan fingerprint density at radius 1 is 1.03 bits per heavy atom. The lowest BCUT2D eigenvalue weighted by Crippen LogP contribution is -2.45. The fourth-order valence-corrected chi connectivity index (χ4v) is 5.25. The van der Waals surface area contributed by atoms with Crippen molar-refractivity contribution >= 4 is 40.5 Å². The van der Waals surface area contributed by atoms with E-state index in [2.05, 4.69) is 34.9 Å². The number of benzene rings is 2. The number of sulfonamides is 1. The van der Waals surface area contributed by atoms with E-state index in [0.717, 1.165) is 43.5 Å². The van der Waals surface area contributed by atoms with Crippen molar-refractivity contribution in [2.24, 2.45) is 0 Å². The number of halogens is 2. The molecular formula is C25H37Cl2N3O3S. The Hall–Kier alpha value is -1.51. The number of anilines is 1. The summed E-state index contributed by atoms with van der Waals surface area (Å²) in [5.41, 5.74) is 2.95. The lowest BCUT2D eigenvalue weighted by atomic mass is 9.92. The minimum absolute atomic E-state index is 0. The van der Waals surface area contributed by atoms with Crippen LogP contribution in [0.2, 0.25) is 0 Å². The highest BCUT2D eigenvalue weighted by Crippen LogP contribution is 2.31. The molecule has 0 bridgehead atoms. The van der Waals surface area contributed by atoms with Gasteiger partial charge < -0.3 is 15.4 Å². The number of rotatable bonds is 8. The summed E-state index contributed by atoms with van der Waals surface area (Å²) in [6.07, 6.45) is 8.28. The summed E-state index contributed by atoms with van der Waals surface area (Å²) in [4.78, 5) is 0. The molecule has 0 spiro atoms. The lowest BCUT2D eigenvalue weighted by Gasteiger charge is -2.34. The molecule has 6 nitrogen and oxygen atoms in total. The summed E-state index contributed by atoms with van der Waals surface area (Å²) in [5, 5.41) is 7.41. The zero-order valence-electron chi connectivity index (χ0n) is 19.9. The molecule has 1 saturated carbocycles. The molecule has 2 aliphatic rings. The minimum Gasteiger partial charge on any atom is -0.490 e. The normalized spacial score (nSPS) is 20.8. The molecule has 4 rings (SSSR count). The van der Waals surface area contributed by atoms with Gasteiger partial charge >= 0.3 is 0 Å². The molecule has 2 unspecified atom stereocenters. The molecule has 9 heteroatoms. The zero-order chi connectivity index (χ0) is 22.6. The summed E-state index contributed by atoms with van der Waals surface area (Å²) >= 11 is 0. The van der Waals surface area contributed by atoms with Gasteiger partial charge in [-0.15, -0.1) is 24.8 Å². The number of hydrogen-bond acceptors (Lipinski definition) is 5. The van der Waals surface area contributed by atoms with Crippen LogP contribution in [0, 0.1) is 0 Å². The first-order valence-electron chi connectivity index (χ1n) is 11.7. The van der Waals surface area contributed by atoms with E-state index in [1.54, 1.807) is 7.05 Å². The van der Waals surface area contributed by atoms with Crippen molar-refractivity contribution in [1.29, 1.82) is 0 Å². The van der Waals surface area contributed by atoms with Gasteiger partial charge in [0.1, 0.15) is 5.75 Å². The van der Waals surface area contributed by atoms with E-state index in [1.807, 2.05) is 24.3 Å². The molecule has 34 heavy (non-hydrogen) atoms. The van der Waals surface area contributed by atoms with Gasteiger partial charge in [-0.05, 0) is 68.8 Å². The maximum atomic E-state index is 12.1. The van der Waals surface area contributed by atoms with Crippen LogP contribution in [0.5, 0.6) is 5.75 Å². The van der Waals surface area contributed by atoms with E-state index in [9.17, 15) is 8.42 Å². The van der Waals surface area contributed by atoms with Crippen LogP contribution in [0.1, 0.15) is 55.7 Å². The second kappa shape index (κ2) is 13.0. The molecule has 0 aromatic heterocycles. The van der Waals surface area contributed by atoms with E-state index in [1.165, 1.54) is 29.0 Å². The highest BCUT2D eigenvalue weighted by molar-refractivity contribution is 7.92. The fraction of sp³-hybridized carbons (Fsp3) is 0.520. The molecule has 2 atom stereocenters. The third-order valence-electron chi connectivity index (χ3n) is 6.67. The van der Waals surface area contributed by atoms with Gasteiger partial charge in [0.2, 0.25) is 10.0 Å². The molecule has 2 fully saturated rings. The second-order valence-electron chi connectivity index (χ2n) is 9.02. The molecule has 2 aromatic rings. The smallest absolute Gasteiger partial charge is 0.231 e. The summed E-state index contributed by atoms with van der Waals surface area (Å²) in [6.45, 7) is 1.64. The largest absolute Gasteiger partial charge is 0.490 e. The predicted molar refractivity (Wildman–Crippen MR) is 144 cm³/mol. The van der Waals surface area contributed by atoms with Crippen LogP contribution in [-0.4, -0.2) is 40.4 Å². The van der Waals surface area contributed by atoms with Crippen LogP contribution in [-0.2, 0) is 16.6 Å². The lowest BCUT2D eigenvalue weighted by molar-refractivity contribution is 0.206. The standard InChI is InChI=1S/C25H35N3O3S.2ClH/c1-28(32(2,29)30)21-14-15-24(31-22-11-6-7-12-22)20(17-21)18-27-23-13-8-16-26-25(23)19-9-4-3-5-10-19;;/h3-5,9-10,14-15,17,22-23,25-27H,6-8,11-13,16,18H2,1-2H3;2*1H. The summed E-state index contributed by atoms with van der Waals surface area (Å²) in [5.74, 6) is 0.857. The Labute approximate surface area is 216 Å². The van der Waals surface area contributed by atoms with Crippen molar-refractivity contribution in [3.63, 3.8) is 0 Å². The third-order valence-corrected chi connectivity index (χ3v) is 7.88. The first-order valence-corrected chi connectivity index (χ1v) is 13.5. The molecule has 2 aromatic carbocycles. The number of ether oxygens (including phenoxy) is 1. The molecule has 1 aliphatic carbocycles. The van der Waals surface area contributed by atoms with Crippen molar-refractivity contribution < 1.29 is 13.2 Å². The van der Waals surface area contributed by atoms with Crippen LogP contribution >= 0.6 is 24.8 Å². The molecule has 190 valence electrons. The average Bonchev–Trinajstić information content (AvgIpc) is 3.31. The van der Waals surface area contributed by atoms with E-state index < -0.39 is 10.0 Å². The van der Waals surface area contributed by atoms with Crippen LogP contribution in [0.3, 0.4) is 0 Å². The summed E-state index contributed by atoms with van der Waals surface area (Å²) < 4.78 is 31.8. The summed E-state index contributed by atoms with van der Waals surface area (Å²) in [6, 6.07) is 16.8. The molecule has 0 amide bonds. The average molecular weight is 531 g/mol. The second-order valence-corrected chi connectivity index (χ2v) is 11.0. The van der Waals surface area contributed by atoms with Crippen molar-refractivity contribution in [3.05, 3.63) is 59.7 Å². The molecule has 2 N–H and O–H groups in total. The van der Waals surface area contributed by atoms with Crippen molar-refractivity contribution in [1.82, 2.24) is 10.6 Å². The van der Waals surface area contributed by atoms with E-state index >= 15 is 0 Å². The summed E-state index contributed by atoms with van der Waals surface area (Å²) in [7, 11) is -1.73. The molecular weight excluding hydrogens is 493 g/mol. The van der Waals surface area contributed by atoms with Gasteiger partial charge in [-0.25, -0.2) is 8.42 Å². The van der Waals surface area contributed by atoms with E-state index in [4.69, 9.17) is 4.74 Å². The quantitative estimate of drug-likeness (QED) is 0.512. The zero-order valence-corrected chi connectivity index (χ0v) is 22.4. The van der Waals surface area contributed by atoms with Crippen LogP contribution in [0.25, 0.3) is 0 Å². The maximum Gasteiger partial charge on any atom is 0.231 e. The van der Waals surface area contributed by atoms with Gasteiger partial charge in [0.05, 0.1) is 18.0 Å². The number of nitrogens with zero attached hydrogens (tertiary/aromatic N) is 1. The molecule has 0 radical (unpaired) electrons. The Kier molecular flexibility index (Phi) is 11.0. The van der Waals surface area contributed by atoms with Crippen molar-refractivity contribution in [3.8, 4) is 5.75 Å². The van der Waals surface area contributed by atoms with Gasteiger partial charge in [0, 0.05) is 31.2 Å². The predicted octanol–water partition coefficient (Wildman–Crippen LogP) is 4.83. The first-order chi connectivity index (χ1) is 15.4. The fourth-order valence-electron chi connectivity index (χ4n) is 4.75. The molecule has 1 aliphatic heterocycles. The molecule has 1 saturated heterocycles. The topological polar surface area (TPSA) is 70.7 Å². The van der Waals surface area contributed by atoms with Gasteiger partial charge in [-0.3, -0.25) is 4.31 Å². The van der Waals surface area contributed by atoms with Gasteiger partial charge in [0.25, 0.3) is 0 Å². The Morgan fingerprint density at radius 2 is 1.74 bits per heavy atom. The third kappa shape index (κ3) is 7.25. The Balaban J connectivity index is 0.00000204. The van der Waals surface area contributed by atoms with Crippen molar-refractivity contribution in [2.75, 3.05) is 24.2 Å². The number of nitrogens with one attached hydrogen (secondary N) is 2. The van der Waals surface area contributed by atoms with Gasteiger partial charge in [-0.1, -0.05) is 30.3 Å². The number of hydrogen-bond donors (Lipinski definition) is 2. The maximum absolute atomic E-state index is 12.1. The first kappa shape index (κ1) is 28.7. The van der Waals surface area contributed by atoms with Crippen LogP contribution < -0.4 is 19.7 Å². The van der Waals surface area contributed by atoms with E-state index in [-0.39, 0.29) is 37.0 Å². The SMILES string of the molecule is CN(c1ccc(OC2CCCC2)c(CNC2CCCNC2c2ccccc2)c1)S(C)(=O)=O.Cl.Cl. The Morgan fingerprint density at radius 3 is 2.41 bits per heavy atom. The van der Waals surface area contributed by atoms with Crippen molar-refractivity contribution in [2.45, 2.75) is 63.3 Å². The van der Waals surface area contributed by atoms with E-state index in [0.29, 0.717) is 18.3 Å². The van der Waals surface area contributed by atoms with Crippen LogP contribution in [0.4, 0.5) is 5.69 Å². The highest BCUT2D eigenvalue weighted by Gasteiger charge is 2.26. The number of piperidine rings is 1.